The van der Waals surface area contributed by atoms with E-state index in [-0.39, 0.29) is 0 Å². The summed E-state index contributed by atoms with van der Waals surface area (Å²) >= 11 is 5.29. The number of halogens is 1. The minimum Gasteiger partial charge on any atom is -0.396 e. The predicted molar refractivity (Wildman–Crippen MR) is 35.1 cm³/mol. The molecule has 0 aromatic carbocycles. The van der Waals surface area contributed by atoms with E-state index in [1.54, 1.807) is 0 Å². The van der Waals surface area contributed by atoms with E-state index >= 15 is 0 Å². The lowest BCUT2D eigenvalue weighted by Gasteiger charge is -1.87. The number of rotatable bonds is 3. The van der Waals surface area contributed by atoms with Crippen LogP contribution in [0.1, 0.15) is 6.92 Å². The highest BCUT2D eigenvalue weighted by Gasteiger charge is 1.75. The van der Waals surface area contributed by atoms with E-state index < -0.39 is 0 Å². The first-order chi connectivity index (χ1) is 3.77. The lowest BCUT2D eigenvalue weighted by atomic mass is 10.7. The second-order valence-electron chi connectivity index (χ2n) is 1.10. The van der Waals surface area contributed by atoms with Gasteiger partial charge in [-0.15, -0.1) is 0 Å². The van der Waals surface area contributed by atoms with Crippen molar-refractivity contribution >= 4 is 17.8 Å². The maximum atomic E-state index is 5.29. The maximum absolute atomic E-state index is 5.29. The monoisotopic (exact) mass is 133 g/mol. The van der Waals surface area contributed by atoms with Crippen LogP contribution in [0, 0.1) is 0 Å². The Kier molecular flexibility index (Phi) is 4.36. The van der Waals surface area contributed by atoms with Crippen LogP contribution in [0.15, 0.2) is 16.8 Å². The Morgan fingerprint density at radius 2 is 2.62 bits per heavy atom. The molecule has 0 aromatic heterocycles. The van der Waals surface area contributed by atoms with E-state index in [0.717, 1.165) is 0 Å². The smallest absolute Gasteiger partial charge is 0.114 e. The van der Waals surface area contributed by atoms with Gasteiger partial charge in [-0.2, -0.15) is 0 Å². The molecule has 0 radical (unpaired) electrons. The van der Waals surface area contributed by atoms with Crippen molar-refractivity contribution in [3.05, 3.63) is 11.6 Å². The first kappa shape index (κ1) is 7.50. The van der Waals surface area contributed by atoms with Gasteiger partial charge in [0.15, 0.2) is 0 Å². The van der Waals surface area contributed by atoms with Gasteiger partial charge in [-0.25, -0.2) is 0 Å². The zero-order valence-corrected chi connectivity index (χ0v) is 5.48. The van der Waals surface area contributed by atoms with E-state index in [4.69, 9.17) is 11.6 Å². The Hall–Kier alpha value is -0.500. The molecule has 0 heterocycles. The molecule has 0 aliphatic carbocycles. The van der Waals surface area contributed by atoms with E-state index in [1.807, 2.05) is 6.92 Å². The van der Waals surface area contributed by atoms with Gasteiger partial charge in [0, 0.05) is 0 Å². The van der Waals surface area contributed by atoms with Gasteiger partial charge in [-0.05, 0) is 6.92 Å². The Morgan fingerprint density at radius 1 is 2.00 bits per heavy atom. The average molecular weight is 134 g/mol. The Balaban J connectivity index is 3.20. The fraction of sp³-hybridized carbons (Fsp3) is 0.400. The van der Waals surface area contributed by atoms with Gasteiger partial charge in [0.1, 0.15) is 6.61 Å². The third-order valence-electron chi connectivity index (χ3n) is 0.396. The summed E-state index contributed by atoms with van der Waals surface area (Å²) in [6, 6.07) is 0. The quantitative estimate of drug-likeness (QED) is 0.425. The van der Waals surface area contributed by atoms with E-state index in [9.17, 15) is 0 Å². The molecule has 0 rings (SSSR count). The van der Waals surface area contributed by atoms with Gasteiger partial charge in [0.25, 0.3) is 0 Å². The van der Waals surface area contributed by atoms with Crippen LogP contribution in [-0.2, 0) is 4.84 Å². The topological polar surface area (TPSA) is 21.6 Å². The predicted octanol–water partition coefficient (Wildman–Crippen LogP) is 1.76. The average Bonchev–Trinajstić information content (AvgIpc) is 1.66. The lowest BCUT2D eigenvalue weighted by molar-refractivity contribution is 0.160. The second-order valence-corrected chi connectivity index (χ2v) is 1.58. The first-order valence-electron chi connectivity index (χ1n) is 2.27. The van der Waals surface area contributed by atoms with Crippen LogP contribution < -0.4 is 0 Å². The summed E-state index contributed by atoms with van der Waals surface area (Å²) in [6.07, 6.45) is 1.35. The van der Waals surface area contributed by atoms with E-state index in [2.05, 4.69) is 16.6 Å². The highest BCUT2D eigenvalue weighted by Crippen LogP contribution is 1.89. The molecule has 0 saturated heterocycles. The van der Waals surface area contributed by atoms with Crippen LogP contribution in [0.25, 0.3) is 0 Å². The highest BCUT2D eigenvalue weighted by molar-refractivity contribution is 6.38. The van der Waals surface area contributed by atoms with Crippen molar-refractivity contribution in [2.45, 2.75) is 6.92 Å². The van der Waals surface area contributed by atoms with Crippen LogP contribution >= 0.6 is 11.6 Å². The fourth-order valence-corrected chi connectivity index (χ4v) is 0.209. The van der Waals surface area contributed by atoms with Gasteiger partial charge in [0.2, 0.25) is 0 Å². The van der Waals surface area contributed by atoms with Crippen LogP contribution in [-0.4, -0.2) is 12.8 Å². The minimum absolute atomic E-state index is 0.374. The molecule has 3 heteroatoms. The van der Waals surface area contributed by atoms with E-state index in [1.165, 1.54) is 6.21 Å². The van der Waals surface area contributed by atoms with Gasteiger partial charge in [-0.3, -0.25) is 0 Å². The molecule has 0 N–H and O–H groups in total. The summed E-state index contributed by atoms with van der Waals surface area (Å²) in [5, 5.41) is 3.81. The normalized spacial score (nSPS) is 9.75. The molecule has 0 aliphatic heterocycles. The molecule has 0 fully saturated rings. The molecule has 0 unspecified atom stereocenters. The van der Waals surface area contributed by atoms with Gasteiger partial charge in [-0.1, -0.05) is 23.3 Å². The summed E-state index contributed by atoms with van der Waals surface area (Å²) in [5.41, 5.74) is 0. The lowest BCUT2D eigenvalue weighted by Crippen LogP contribution is -1.79. The molecule has 0 amide bonds. The standard InChI is InChI=1S/C5H8ClNO/c1-3-8-7-4-5(2)6/h4H,2-3H2,1H3. The van der Waals surface area contributed by atoms with Crippen molar-refractivity contribution in [3.63, 3.8) is 0 Å². The first-order valence-corrected chi connectivity index (χ1v) is 2.65. The van der Waals surface area contributed by atoms with Crippen LogP contribution in [0.4, 0.5) is 0 Å². The van der Waals surface area contributed by atoms with Gasteiger partial charge in [0.05, 0.1) is 11.2 Å². The molecule has 8 heavy (non-hydrogen) atoms. The largest absolute Gasteiger partial charge is 0.396 e. The van der Waals surface area contributed by atoms with Gasteiger partial charge < -0.3 is 4.84 Å². The maximum Gasteiger partial charge on any atom is 0.114 e. The summed E-state index contributed by atoms with van der Waals surface area (Å²) < 4.78 is 0. The Labute approximate surface area is 53.8 Å². The molecule has 0 bridgehead atoms. The molecule has 0 atom stereocenters. The van der Waals surface area contributed by atoms with Crippen LogP contribution in [0.3, 0.4) is 0 Å². The molecular weight excluding hydrogens is 126 g/mol. The third kappa shape index (κ3) is 5.50. The van der Waals surface area contributed by atoms with Crippen molar-refractivity contribution in [1.29, 1.82) is 0 Å². The van der Waals surface area contributed by atoms with Crippen molar-refractivity contribution in [1.82, 2.24) is 0 Å². The number of hydrogen-bond acceptors (Lipinski definition) is 2. The SMILES string of the molecule is C=C(Cl)C=NOCC. The van der Waals surface area contributed by atoms with Crippen LogP contribution in [0.2, 0.25) is 0 Å². The Morgan fingerprint density at radius 3 is 3.00 bits per heavy atom. The van der Waals surface area contributed by atoms with Crippen molar-refractivity contribution in [2.24, 2.45) is 5.16 Å². The van der Waals surface area contributed by atoms with Crippen molar-refractivity contribution < 1.29 is 4.84 Å². The number of hydrogen-bond donors (Lipinski definition) is 0. The molecule has 0 spiro atoms. The molecular formula is C5H8ClNO. The summed E-state index contributed by atoms with van der Waals surface area (Å²) in [5.74, 6) is 0. The highest BCUT2D eigenvalue weighted by atomic mass is 35.5. The zero-order valence-electron chi connectivity index (χ0n) is 4.72. The number of oxime groups is 1. The number of nitrogens with zero attached hydrogens (tertiary/aromatic N) is 1. The van der Waals surface area contributed by atoms with Crippen molar-refractivity contribution in [3.8, 4) is 0 Å². The molecule has 0 aromatic rings. The van der Waals surface area contributed by atoms with Crippen LogP contribution in [0.5, 0.6) is 0 Å². The zero-order chi connectivity index (χ0) is 6.41. The Bertz CT molecular complexity index is 101. The molecule has 46 valence electrons. The third-order valence-corrected chi connectivity index (χ3v) is 0.494. The number of allylic oxidation sites excluding steroid dienone is 1. The summed E-state index contributed by atoms with van der Waals surface area (Å²) in [4.78, 5) is 4.57. The fourth-order valence-electron chi connectivity index (χ4n) is 0.169. The summed E-state index contributed by atoms with van der Waals surface area (Å²) in [7, 11) is 0. The minimum atomic E-state index is 0.374. The van der Waals surface area contributed by atoms with Crippen molar-refractivity contribution in [2.75, 3.05) is 6.61 Å². The van der Waals surface area contributed by atoms with E-state index in [0.29, 0.717) is 11.6 Å². The molecule has 2 nitrogen and oxygen atoms in total. The van der Waals surface area contributed by atoms with Gasteiger partial charge >= 0.3 is 0 Å². The molecule has 0 saturated carbocycles. The summed E-state index contributed by atoms with van der Waals surface area (Å²) in [6.45, 7) is 5.76. The second kappa shape index (κ2) is 4.65. The molecule has 0 aliphatic rings.